The molecule has 2 rings (SSSR count). The van der Waals surface area contributed by atoms with Crippen molar-refractivity contribution in [1.82, 2.24) is 9.80 Å². The lowest BCUT2D eigenvalue weighted by molar-refractivity contribution is -0.136. The molecule has 1 unspecified atom stereocenters. The quantitative estimate of drug-likeness (QED) is 0.889. The Balaban J connectivity index is 0.00000264. The van der Waals surface area contributed by atoms with Gasteiger partial charge in [-0.2, -0.15) is 0 Å². The normalized spacial score (nSPS) is 15.8. The molecule has 1 aromatic rings. The third-order valence-corrected chi connectivity index (χ3v) is 4.15. The summed E-state index contributed by atoms with van der Waals surface area (Å²) in [7, 11) is 0. The third-order valence-electron chi connectivity index (χ3n) is 3.83. The highest BCUT2D eigenvalue weighted by atomic mass is 35.5. The summed E-state index contributed by atoms with van der Waals surface area (Å²) in [5.41, 5.74) is 5.38. The zero-order valence-corrected chi connectivity index (χ0v) is 14.4. The number of nitrogens with two attached hydrogens (primary N) is 1. The van der Waals surface area contributed by atoms with E-state index in [2.05, 4.69) is 0 Å². The van der Waals surface area contributed by atoms with Gasteiger partial charge in [-0.3, -0.25) is 9.59 Å². The molecule has 2 N–H and O–H groups in total. The first-order valence-corrected chi connectivity index (χ1v) is 7.55. The summed E-state index contributed by atoms with van der Waals surface area (Å²) < 4.78 is 13.8. The molecule has 1 aliphatic rings. The Labute approximate surface area is 146 Å². The molecule has 8 heteroatoms. The average molecular weight is 364 g/mol. The summed E-state index contributed by atoms with van der Waals surface area (Å²) in [6, 6.07) is 4.15. The van der Waals surface area contributed by atoms with Crippen LogP contribution in [0.4, 0.5) is 4.39 Å². The maximum absolute atomic E-state index is 13.8. The monoisotopic (exact) mass is 363 g/mol. The molecule has 1 aliphatic heterocycles. The topological polar surface area (TPSA) is 66.6 Å². The van der Waals surface area contributed by atoms with Crippen LogP contribution in [0.15, 0.2) is 18.2 Å². The van der Waals surface area contributed by atoms with E-state index >= 15 is 0 Å². The fourth-order valence-corrected chi connectivity index (χ4v) is 2.65. The number of benzene rings is 1. The van der Waals surface area contributed by atoms with Crippen molar-refractivity contribution in [1.29, 1.82) is 0 Å². The minimum atomic E-state index is -0.632. The van der Waals surface area contributed by atoms with Gasteiger partial charge in [0.15, 0.2) is 0 Å². The van der Waals surface area contributed by atoms with E-state index in [4.69, 9.17) is 17.3 Å². The van der Waals surface area contributed by atoms with Crippen LogP contribution in [0, 0.1) is 11.7 Å². The Morgan fingerprint density at radius 2 is 1.83 bits per heavy atom. The first kappa shape index (κ1) is 19.7. The van der Waals surface area contributed by atoms with Gasteiger partial charge in [0.1, 0.15) is 5.82 Å². The number of hydrogen-bond acceptors (Lipinski definition) is 3. The van der Waals surface area contributed by atoms with Gasteiger partial charge in [0.05, 0.1) is 10.6 Å². The van der Waals surface area contributed by atoms with E-state index in [1.807, 2.05) is 0 Å². The second-order valence-corrected chi connectivity index (χ2v) is 5.76. The Morgan fingerprint density at radius 3 is 2.35 bits per heavy atom. The molecule has 1 aromatic carbocycles. The van der Waals surface area contributed by atoms with Crippen LogP contribution >= 0.6 is 24.0 Å². The summed E-state index contributed by atoms with van der Waals surface area (Å²) in [6.45, 7) is 3.61. The van der Waals surface area contributed by atoms with Crippen molar-refractivity contribution >= 4 is 35.8 Å². The first-order chi connectivity index (χ1) is 10.5. The number of nitrogens with zero attached hydrogens (tertiary/aromatic N) is 2. The van der Waals surface area contributed by atoms with E-state index in [1.54, 1.807) is 11.8 Å². The van der Waals surface area contributed by atoms with Gasteiger partial charge in [0.25, 0.3) is 5.91 Å². The molecular formula is C15H20Cl2FN3O2. The van der Waals surface area contributed by atoms with E-state index < -0.39 is 11.7 Å². The van der Waals surface area contributed by atoms with E-state index in [0.29, 0.717) is 32.7 Å². The second kappa shape index (κ2) is 8.47. The second-order valence-electron chi connectivity index (χ2n) is 5.35. The van der Waals surface area contributed by atoms with Crippen molar-refractivity contribution in [2.75, 3.05) is 32.7 Å². The smallest absolute Gasteiger partial charge is 0.258 e. The molecule has 0 bridgehead atoms. The molecule has 128 valence electrons. The number of halogens is 3. The van der Waals surface area contributed by atoms with E-state index in [0.717, 1.165) is 0 Å². The van der Waals surface area contributed by atoms with E-state index in [-0.39, 0.29) is 34.8 Å². The molecule has 0 aromatic heterocycles. The summed E-state index contributed by atoms with van der Waals surface area (Å²) in [5.74, 6) is -1.32. The molecule has 0 spiro atoms. The average Bonchev–Trinajstić information content (AvgIpc) is 2.53. The molecule has 1 heterocycles. The number of amides is 2. The minimum Gasteiger partial charge on any atom is -0.339 e. The Kier molecular flexibility index (Phi) is 7.25. The summed E-state index contributed by atoms with van der Waals surface area (Å²) in [6.07, 6.45) is 0. The SMILES string of the molecule is CC(CN)C(=O)N1CCN(C(=O)c2c(F)cccc2Cl)CC1.Cl. The number of rotatable bonds is 3. The van der Waals surface area contributed by atoms with Gasteiger partial charge in [0, 0.05) is 38.6 Å². The predicted molar refractivity (Wildman–Crippen MR) is 89.4 cm³/mol. The Morgan fingerprint density at radius 1 is 1.26 bits per heavy atom. The van der Waals surface area contributed by atoms with Crippen LogP contribution in [0.5, 0.6) is 0 Å². The summed E-state index contributed by atoms with van der Waals surface area (Å²) in [5, 5.41) is 0.0975. The highest BCUT2D eigenvalue weighted by Crippen LogP contribution is 2.21. The highest BCUT2D eigenvalue weighted by molar-refractivity contribution is 6.33. The molecule has 0 aliphatic carbocycles. The number of carbonyl (C=O) groups is 2. The molecular weight excluding hydrogens is 344 g/mol. The summed E-state index contributed by atoms with van der Waals surface area (Å²) in [4.78, 5) is 27.6. The van der Waals surface area contributed by atoms with Crippen molar-refractivity contribution in [2.24, 2.45) is 11.7 Å². The van der Waals surface area contributed by atoms with Gasteiger partial charge < -0.3 is 15.5 Å². The molecule has 2 amide bonds. The van der Waals surface area contributed by atoms with Gasteiger partial charge in [-0.25, -0.2) is 4.39 Å². The van der Waals surface area contributed by atoms with Gasteiger partial charge >= 0.3 is 0 Å². The van der Waals surface area contributed by atoms with Crippen LogP contribution < -0.4 is 5.73 Å². The maximum atomic E-state index is 13.8. The first-order valence-electron chi connectivity index (χ1n) is 7.17. The predicted octanol–water partition coefficient (Wildman–Crippen LogP) is 1.78. The van der Waals surface area contributed by atoms with Gasteiger partial charge in [0.2, 0.25) is 5.91 Å². The largest absolute Gasteiger partial charge is 0.339 e. The van der Waals surface area contributed by atoms with Crippen molar-refractivity contribution in [3.05, 3.63) is 34.6 Å². The van der Waals surface area contributed by atoms with Crippen LogP contribution in [-0.2, 0) is 4.79 Å². The van der Waals surface area contributed by atoms with Crippen LogP contribution in [-0.4, -0.2) is 54.3 Å². The molecule has 23 heavy (non-hydrogen) atoms. The number of hydrogen-bond donors (Lipinski definition) is 1. The molecule has 0 radical (unpaired) electrons. The Bertz CT molecular complexity index is 558. The lowest BCUT2D eigenvalue weighted by Gasteiger charge is -2.36. The fraction of sp³-hybridized carbons (Fsp3) is 0.467. The molecule has 1 saturated heterocycles. The van der Waals surface area contributed by atoms with E-state index in [9.17, 15) is 14.0 Å². The van der Waals surface area contributed by atoms with Gasteiger partial charge in [-0.15, -0.1) is 12.4 Å². The zero-order chi connectivity index (χ0) is 16.3. The molecule has 0 saturated carbocycles. The van der Waals surface area contributed by atoms with Crippen molar-refractivity contribution in [2.45, 2.75) is 6.92 Å². The van der Waals surface area contributed by atoms with E-state index in [1.165, 1.54) is 23.1 Å². The molecule has 5 nitrogen and oxygen atoms in total. The zero-order valence-electron chi connectivity index (χ0n) is 12.8. The van der Waals surface area contributed by atoms with Crippen molar-refractivity contribution < 1.29 is 14.0 Å². The van der Waals surface area contributed by atoms with Gasteiger partial charge in [-0.05, 0) is 12.1 Å². The van der Waals surface area contributed by atoms with Crippen LogP contribution in [0.25, 0.3) is 0 Å². The van der Waals surface area contributed by atoms with Crippen molar-refractivity contribution in [3.8, 4) is 0 Å². The van der Waals surface area contributed by atoms with Crippen LogP contribution in [0.2, 0.25) is 5.02 Å². The lowest BCUT2D eigenvalue weighted by Crippen LogP contribution is -2.52. The fourth-order valence-electron chi connectivity index (χ4n) is 2.40. The molecule has 1 fully saturated rings. The number of carbonyl (C=O) groups excluding carboxylic acids is 2. The maximum Gasteiger partial charge on any atom is 0.258 e. The highest BCUT2D eigenvalue weighted by Gasteiger charge is 2.28. The number of piperazine rings is 1. The van der Waals surface area contributed by atoms with Crippen LogP contribution in [0.1, 0.15) is 17.3 Å². The standard InChI is InChI=1S/C15H19ClFN3O2.ClH/c1-10(9-18)14(21)19-5-7-20(8-6-19)15(22)13-11(16)3-2-4-12(13)17;/h2-4,10H,5-9,18H2,1H3;1H. The van der Waals surface area contributed by atoms with Gasteiger partial charge in [-0.1, -0.05) is 24.6 Å². The van der Waals surface area contributed by atoms with Crippen molar-refractivity contribution in [3.63, 3.8) is 0 Å². The summed E-state index contributed by atoms with van der Waals surface area (Å²) >= 11 is 5.92. The lowest BCUT2D eigenvalue weighted by atomic mass is 10.1. The Hall–Kier alpha value is -1.37. The van der Waals surface area contributed by atoms with Crippen LogP contribution in [0.3, 0.4) is 0 Å². The minimum absolute atomic E-state index is 0. The molecule has 1 atom stereocenters. The third kappa shape index (κ3) is 4.34.